The first-order valence-electron chi connectivity index (χ1n) is 41.3. The van der Waals surface area contributed by atoms with Gasteiger partial charge in [0.25, 0.3) is 0 Å². The van der Waals surface area contributed by atoms with Crippen molar-refractivity contribution < 1.29 is 52.7 Å². The van der Waals surface area contributed by atoms with E-state index >= 15 is 0 Å². The number of pyridine rings is 3. The Morgan fingerprint density at radius 1 is 0.579 bits per heavy atom. The van der Waals surface area contributed by atoms with Crippen molar-refractivity contribution in [3.05, 3.63) is 180 Å². The minimum absolute atomic E-state index is 0. The fraction of sp³-hybridized carbons (Fsp3) is 0.506. The number of halogens is 1. The lowest BCUT2D eigenvalue weighted by molar-refractivity contribution is 0.0214. The van der Waals surface area contributed by atoms with Gasteiger partial charge in [-0.2, -0.15) is 38.7 Å². The van der Waals surface area contributed by atoms with Crippen molar-refractivity contribution in [2.24, 2.45) is 0 Å². The highest BCUT2D eigenvalue weighted by Crippen LogP contribution is 2.44. The van der Waals surface area contributed by atoms with Gasteiger partial charge in [-0.15, -0.1) is 0 Å². The van der Waals surface area contributed by atoms with E-state index < -0.39 is 71.9 Å². The molecule has 18 rings (SSSR count). The standard InChI is InChI=1S/C24H32N6O3SSi.C18H18N6O2S.C16H22N4OSi.C10H14N2O2.C8H10N2O2S.C5H6N2.C3H5ClO2S.CH4/c1-35(2,3)13-12-33-18-28-11-7-22-21(6-10-26-23(22)28)19-14-27-30(15-19)24(8-9-25)16-29(17-24)34(31,32)20-4-5-20;19-6-5-18(11-23(12-18)27(25,26)14-1-2-14)24-10-13(9-22-24)15-3-7-20-17-16(15)4-8-21-17;1-22(2,3)9-8-21-12-20-7-5-15-14(4-6-17-16(15)20)13-10-18-19-11-13;1-10(2,3)14-9(13)12-6-8(7-12)5-11-4;1-9-4-7-5-10(6-7)13(11,12)8-2-3-8;1-6-2-5-3-7-4-5;4-7(5,6)3-1-2-3;/h6-7,10-11,14-15,20H,4-5,8,12-13,16-18H2,1-3H3;3-4,7-10,14H,1-2,5,11-12H2,(H,20,21);4-7,10-11H,8-9,12H2,1-3H3,(H,18,19);5H,6-7H2,1-3H3;4,8H,2-3,5-6H2;2,7H,3-4H2;3H,1-2H2;1H4. The van der Waals surface area contributed by atoms with Crippen molar-refractivity contribution in [1.82, 2.24) is 82.0 Å². The van der Waals surface area contributed by atoms with Crippen LogP contribution in [0, 0.1) is 42.4 Å². The lowest BCUT2D eigenvalue weighted by Crippen LogP contribution is -2.64. The van der Waals surface area contributed by atoms with Gasteiger partial charge in [0.2, 0.25) is 39.1 Å². The Bertz CT molecular complexity index is 6140. The molecule has 34 nitrogen and oxygen atoms in total. The Hall–Kier alpha value is -10.1. The molecule has 0 unspecified atom stereocenters. The number of ether oxygens (including phenoxy) is 3. The first-order valence-corrected chi connectivity index (χ1v) is 55.6. The summed E-state index contributed by atoms with van der Waals surface area (Å²) in [7, 11) is -9.90. The average Bonchev–Trinajstić information content (AvgIpc) is 1.57. The fourth-order valence-electron chi connectivity index (χ4n) is 13.9. The van der Waals surface area contributed by atoms with Crippen LogP contribution in [0.3, 0.4) is 0 Å². The molecule has 9 aliphatic rings. The molecule has 3 N–H and O–H groups in total. The number of aromatic nitrogens is 12. The number of aromatic amines is 2. The highest BCUT2D eigenvalue weighted by Gasteiger charge is 2.55. The van der Waals surface area contributed by atoms with Crippen LogP contribution >= 0.6 is 10.7 Å². The summed E-state index contributed by atoms with van der Waals surface area (Å²) in [6.07, 6.45) is 33.0. The summed E-state index contributed by atoms with van der Waals surface area (Å²) in [4.78, 5) is 38.8. The number of nitrogens with one attached hydrogen (secondary N) is 3. The van der Waals surface area contributed by atoms with E-state index in [0.29, 0.717) is 52.7 Å². The summed E-state index contributed by atoms with van der Waals surface area (Å²) in [5.41, 5.74) is 10.1. The number of likely N-dealkylation sites (tertiary alicyclic amines) is 1. The number of fused-ring (bicyclic) bond motifs is 3. The van der Waals surface area contributed by atoms with E-state index in [-0.39, 0.29) is 60.5 Å². The van der Waals surface area contributed by atoms with Gasteiger partial charge in [0.15, 0.2) is 18.6 Å². The highest BCUT2D eigenvalue weighted by molar-refractivity contribution is 8.14. The molecule has 0 atom stereocenters. The lowest BCUT2D eigenvalue weighted by Gasteiger charge is -2.48. The molecule has 9 aromatic rings. The van der Waals surface area contributed by atoms with Gasteiger partial charge in [-0.25, -0.2) is 68.0 Å². The number of hydrogen-bond acceptors (Lipinski definition) is 21. The minimum Gasteiger partial charge on any atom is -0.444 e. The zero-order valence-corrected chi connectivity index (χ0v) is 77.7. The Morgan fingerprint density at radius 2 is 1.00 bits per heavy atom. The molecule has 4 aliphatic carbocycles. The molecule has 1 amide bonds. The Balaban J connectivity index is 0.000000152. The van der Waals surface area contributed by atoms with E-state index in [2.05, 4.69) is 122 Å². The molecule has 126 heavy (non-hydrogen) atoms. The summed E-state index contributed by atoms with van der Waals surface area (Å²) < 4.78 is 123. The van der Waals surface area contributed by atoms with Crippen molar-refractivity contribution in [3.63, 3.8) is 0 Å². The van der Waals surface area contributed by atoms with Gasteiger partial charge in [0.1, 0.15) is 47.1 Å². The number of carbonyl (C=O) groups is 1. The van der Waals surface area contributed by atoms with E-state index in [1.165, 1.54) is 36.9 Å². The maximum Gasteiger partial charge on any atom is 0.410 e. The van der Waals surface area contributed by atoms with Gasteiger partial charge in [-0.1, -0.05) is 46.7 Å². The molecular formula is C85H111ClN22O12S4Si2. The van der Waals surface area contributed by atoms with E-state index in [1.54, 1.807) is 45.3 Å². The lowest BCUT2D eigenvalue weighted by atomic mass is 9.89. The number of nitriles is 2. The molecule has 9 fully saturated rings. The van der Waals surface area contributed by atoms with Crippen molar-refractivity contribution in [3.8, 4) is 45.5 Å². The topological polar surface area (TPSA) is 396 Å². The first kappa shape index (κ1) is 96.6. The third-order valence-electron chi connectivity index (χ3n) is 22.0. The maximum absolute atomic E-state index is 12.6. The minimum atomic E-state index is -3.25. The monoisotopic (exact) mass is 1850 g/mol. The number of rotatable bonds is 24. The van der Waals surface area contributed by atoms with Crippen LogP contribution in [0.2, 0.25) is 51.4 Å². The molecule has 0 spiro atoms. The van der Waals surface area contributed by atoms with Gasteiger partial charge in [0, 0.05) is 194 Å². The van der Waals surface area contributed by atoms with Crippen LogP contribution in [0.25, 0.3) is 81.0 Å². The van der Waals surface area contributed by atoms with E-state index in [4.69, 9.17) is 44.6 Å². The van der Waals surface area contributed by atoms with E-state index in [1.807, 2.05) is 105 Å². The molecule has 5 aliphatic heterocycles. The summed E-state index contributed by atoms with van der Waals surface area (Å²) in [6.45, 7) is 46.7. The van der Waals surface area contributed by atoms with Gasteiger partial charge in [-0.3, -0.25) is 14.5 Å². The molecule has 0 radical (unpaired) electrons. The van der Waals surface area contributed by atoms with Crippen LogP contribution in [-0.4, -0.2) is 238 Å². The third-order valence-corrected chi connectivity index (χ3v) is 34.3. The molecular weight excluding hydrogens is 1740 g/mol. The fourth-order valence-corrected chi connectivity index (χ4v) is 22.5. The molecule has 0 bridgehead atoms. The average molecular weight is 1850 g/mol. The summed E-state index contributed by atoms with van der Waals surface area (Å²) >= 11 is 0. The second-order valence-corrected chi connectivity index (χ2v) is 56.7. The molecule has 9 aromatic heterocycles. The summed E-state index contributed by atoms with van der Waals surface area (Å²) in [5, 5.41) is 40.0. The summed E-state index contributed by atoms with van der Waals surface area (Å²) in [6, 6.07) is 18.7. The van der Waals surface area contributed by atoms with Crippen LogP contribution in [0.4, 0.5) is 4.79 Å². The van der Waals surface area contributed by atoms with Crippen LogP contribution in [-0.2, 0) is 77.9 Å². The SMILES string of the molecule is C.C[Si](C)(C)CCOCn1ccc2c(-c3cn[nH]c3)ccnc21.C[Si](C)(C)CCOCn1ccc2c(-c3cnn(C4(CC#N)CN(S(=O)(=O)C5CC5)C4)c3)ccnc21.N#CCC1(n2cc(-c3ccnc4[nH]ccc34)cn2)CN(S(=O)(=O)C2CC2)C1.O=S(=O)(Cl)C1CC1.[C-]#[N+]C=C1CN(C(=O)OC(C)(C)C)C1.[C-]#[N+]C=C1CN(S(=O)(=O)C2CC2)C1.[C-]#[N+]C=C1CNC1. The smallest absolute Gasteiger partial charge is 0.410 e. The molecule has 672 valence electrons. The van der Waals surface area contributed by atoms with Crippen molar-refractivity contribution in [2.75, 3.05) is 78.7 Å². The molecule has 14 heterocycles. The first-order chi connectivity index (χ1) is 59.3. The van der Waals surface area contributed by atoms with Crippen molar-refractivity contribution >= 4 is 105 Å². The Kier molecular flexibility index (Phi) is 31.0. The number of hydrogen-bond donors (Lipinski definition) is 3. The van der Waals surface area contributed by atoms with Gasteiger partial charge in [0.05, 0.1) is 84.3 Å². The quantitative estimate of drug-likeness (QED) is 0.0219. The second kappa shape index (κ2) is 40.5. The number of nitrogens with zero attached hydrogens (tertiary/aromatic N) is 19. The highest BCUT2D eigenvalue weighted by atomic mass is 35.7. The van der Waals surface area contributed by atoms with Crippen LogP contribution < -0.4 is 5.32 Å². The molecule has 41 heteroatoms. The number of H-pyrrole nitrogens is 2. The maximum atomic E-state index is 12.6. The Morgan fingerprint density at radius 3 is 1.37 bits per heavy atom. The molecule has 4 saturated carbocycles. The van der Waals surface area contributed by atoms with Crippen molar-refractivity contribution in [2.45, 2.75) is 195 Å². The molecule has 5 saturated heterocycles. The third kappa shape index (κ3) is 24.6. The van der Waals surface area contributed by atoms with Crippen LogP contribution in [0.5, 0.6) is 0 Å². The Labute approximate surface area is 744 Å². The zero-order valence-electron chi connectivity index (χ0n) is 71.7. The number of amides is 1. The number of carbonyl (C=O) groups excluding carboxylic acids is 1. The van der Waals surface area contributed by atoms with E-state index in [0.717, 1.165) is 161 Å². The van der Waals surface area contributed by atoms with Crippen molar-refractivity contribution in [1.29, 1.82) is 10.5 Å². The van der Waals surface area contributed by atoms with Crippen LogP contribution in [0.15, 0.2) is 146 Å². The predicted molar refractivity (Wildman–Crippen MR) is 490 cm³/mol. The second-order valence-electron chi connectivity index (χ2n) is 35.9. The zero-order chi connectivity index (χ0) is 89.9. The summed E-state index contributed by atoms with van der Waals surface area (Å²) in [5.74, 6) is 0. The normalized spacial score (nSPS) is 17.8. The van der Waals surface area contributed by atoms with Gasteiger partial charge in [-0.05, 0) is 154 Å². The van der Waals surface area contributed by atoms with Gasteiger partial charge < -0.3 is 38.5 Å². The van der Waals surface area contributed by atoms with Crippen LogP contribution in [0.1, 0.15) is 92.4 Å². The predicted octanol–water partition coefficient (Wildman–Crippen LogP) is 13.6. The van der Waals surface area contributed by atoms with E-state index in [9.17, 15) is 49.0 Å². The van der Waals surface area contributed by atoms with Gasteiger partial charge >= 0.3 is 6.09 Å². The molecule has 0 aromatic carbocycles. The number of sulfonamides is 3. The largest absolute Gasteiger partial charge is 0.444 e.